The maximum Gasteiger partial charge on any atom is 0.330 e. The van der Waals surface area contributed by atoms with Gasteiger partial charge in [-0.25, -0.2) is 14.4 Å². The van der Waals surface area contributed by atoms with Gasteiger partial charge in [-0.05, 0) is 35.1 Å². The summed E-state index contributed by atoms with van der Waals surface area (Å²) in [5.41, 5.74) is 2.05. The first kappa shape index (κ1) is 76.9. The number of rotatable bonds is 30. The maximum absolute atomic E-state index is 12.7. The Balaban J connectivity index is 0.00000156. The van der Waals surface area contributed by atoms with Crippen molar-refractivity contribution in [2.24, 2.45) is 10.8 Å². The lowest BCUT2D eigenvalue weighted by molar-refractivity contribution is -0.162. The van der Waals surface area contributed by atoms with Gasteiger partial charge in [0, 0.05) is 36.9 Å². The zero-order chi connectivity index (χ0) is 62.1. The van der Waals surface area contributed by atoms with Gasteiger partial charge in [-0.2, -0.15) is 0 Å². The fourth-order valence-corrected chi connectivity index (χ4v) is 9.58. The highest BCUT2D eigenvalue weighted by Gasteiger charge is 2.35. The van der Waals surface area contributed by atoms with Gasteiger partial charge < -0.3 is 28.4 Å². The van der Waals surface area contributed by atoms with Crippen LogP contribution < -0.4 is 0 Å². The number of thiol groups is 1. The Morgan fingerprint density at radius 1 is 0.446 bits per heavy atom. The summed E-state index contributed by atoms with van der Waals surface area (Å²) < 4.78 is 33.1. The molecule has 0 aromatic heterocycles. The number of thiocarbonyl (C=S) groups is 4. The Morgan fingerprint density at radius 3 is 0.855 bits per heavy atom. The van der Waals surface area contributed by atoms with E-state index in [1.54, 1.807) is 6.92 Å². The van der Waals surface area contributed by atoms with Crippen molar-refractivity contribution in [2.75, 3.05) is 56.9 Å². The Kier molecular flexibility index (Phi) is 41.0. The predicted molar refractivity (Wildman–Crippen MR) is 363 cm³/mol. The van der Waals surface area contributed by atoms with E-state index in [9.17, 15) is 28.8 Å². The van der Waals surface area contributed by atoms with Crippen LogP contribution in [0.4, 0.5) is 0 Å². The summed E-state index contributed by atoms with van der Waals surface area (Å²) in [6.07, 6.45) is 4.39. The van der Waals surface area contributed by atoms with Crippen molar-refractivity contribution in [1.29, 1.82) is 0 Å². The molecule has 0 fully saturated rings. The van der Waals surface area contributed by atoms with Gasteiger partial charge in [-0.15, -0.1) is 47.9 Å². The van der Waals surface area contributed by atoms with E-state index in [1.807, 2.05) is 128 Å². The predicted octanol–water partition coefficient (Wildman–Crippen LogP) is 15.2. The van der Waals surface area contributed by atoms with Crippen LogP contribution in [0.3, 0.4) is 0 Å². The van der Waals surface area contributed by atoms with Gasteiger partial charge in [-0.1, -0.05) is 250 Å². The average molecular weight is 1370 g/mol. The molecule has 0 aliphatic rings. The molecule has 0 aliphatic heterocycles. The van der Waals surface area contributed by atoms with Crippen LogP contribution in [-0.2, 0) is 57.2 Å². The molecule has 0 atom stereocenters. The third kappa shape index (κ3) is 37.1. The van der Waals surface area contributed by atoms with E-state index in [0.29, 0.717) is 46.9 Å². The molecule has 0 spiro atoms. The fraction of sp³-hybridized carbons (Fsp3) is 0.322. The summed E-state index contributed by atoms with van der Waals surface area (Å²) in [5, 5.41) is 0. The quantitative estimate of drug-likeness (QED) is 0.0131. The van der Waals surface area contributed by atoms with Gasteiger partial charge in [-0.3, -0.25) is 14.4 Å². The lowest BCUT2D eigenvalue weighted by Crippen LogP contribution is -2.39. The molecule has 4 rings (SSSR count). The van der Waals surface area contributed by atoms with Crippen molar-refractivity contribution in [2.45, 2.75) is 49.2 Å². The molecular weight excluding hydrogens is 1300 g/mol. The second kappa shape index (κ2) is 44.3. The number of hydrogen-bond donors (Lipinski definition) is 1. The fourth-order valence-electron chi connectivity index (χ4n) is 5.86. The number of halogens is 4. The Hall–Kier alpha value is -4.16. The normalized spacial score (nSPS) is 10.6. The number of hydrogen-bond acceptors (Lipinski definition) is 19. The number of esters is 6. The molecule has 0 unspecified atom stereocenters. The summed E-state index contributed by atoms with van der Waals surface area (Å²) in [6.45, 7) is 13.1. The van der Waals surface area contributed by atoms with Crippen molar-refractivity contribution < 1.29 is 58.6 Å². The van der Waals surface area contributed by atoms with E-state index in [2.05, 4.69) is 32.4 Å². The lowest BCUT2D eigenvalue weighted by Gasteiger charge is -2.31. The van der Waals surface area contributed by atoms with Crippen molar-refractivity contribution >= 4 is 196 Å². The third-order valence-corrected chi connectivity index (χ3v) is 15.8. The monoisotopic (exact) mass is 1360 g/mol. The summed E-state index contributed by atoms with van der Waals surface area (Å²) in [4.78, 5) is 71.7. The minimum atomic E-state index is -1.61. The van der Waals surface area contributed by atoms with E-state index in [-0.39, 0.29) is 60.3 Å². The summed E-state index contributed by atoms with van der Waals surface area (Å²) in [6, 6.07) is 38.5. The Morgan fingerprint density at radius 2 is 0.663 bits per heavy atom. The molecule has 83 heavy (non-hydrogen) atoms. The zero-order valence-corrected chi connectivity index (χ0v) is 55.1. The van der Waals surface area contributed by atoms with Gasteiger partial charge in [0.2, 0.25) is 0 Å². The highest BCUT2D eigenvalue weighted by molar-refractivity contribution is 8.24. The summed E-state index contributed by atoms with van der Waals surface area (Å²) in [7, 11) is 0. The van der Waals surface area contributed by atoms with E-state index < -0.39 is 49.9 Å². The maximum atomic E-state index is 12.7. The second-order valence-electron chi connectivity index (χ2n) is 17.0. The molecule has 450 valence electrons. The molecule has 0 heterocycles. The molecule has 0 saturated carbocycles. The molecule has 12 nitrogen and oxygen atoms in total. The lowest BCUT2D eigenvalue weighted by atomic mass is 9.88. The number of ether oxygens (including phenoxy) is 6. The molecule has 4 aromatic rings. The number of carbonyl (C=O) groups is 6. The van der Waals surface area contributed by atoms with Crippen LogP contribution in [0.15, 0.2) is 159 Å². The van der Waals surface area contributed by atoms with Crippen molar-refractivity contribution in [1.82, 2.24) is 0 Å². The SMILES string of the molecule is C=CC(=O)OCC(CC)(COC(=O)C=C)COC(=O)C=C.CCC(COC(=O)CCSC(=S)c1ccccc1)(COC(=O)CCSC(=S)c1ccccc1)COC(=O)CCSC(=S)c1ccccc1.ClC(Cl)(Cl)Cl.S=C(S)c1ccccc1.[2HH]. The Bertz CT molecular complexity index is 2480. The molecule has 0 amide bonds. The van der Waals surface area contributed by atoms with Gasteiger partial charge in [0.25, 0.3) is 3.25 Å². The average Bonchev–Trinajstić information content (AvgIpc) is 3.61. The van der Waals surface area contributed by atoms with Crippen LogP contribution >= 0.6 is 143 Å². The molecule has 0 N–H and O–H groups in total. The topological polar surface area (TPSA) is 158 Å². The number of thioether (sulfide) groups is 3. The van der Waals surface area contributed by atoms with Crippen LogP contribution in [0.25, 0.3) is 0 Å². The standard InChI is InChI=1S/C36H38O6S6.C15H20O6.C7H6S2.CCl4.H2/c1-2-36(24-40-30(37)18-21-46-33(43)27-12-6-3-7-13-27,25-41-31(38)19-22-47-34(44)28-14-8-4-9-15-28)26-42-32(39)20-23-48-35(45)29-16-10-5-11-17-29;1-5-12(16)19-9-15(8-4,10-20-13(17)6-2)11-21-14(18)7-3;8-7(9)6-4-2-1-3-5-6;2-1(3,4)5;/h3-17H,2,18-26H2,1H3;5-7H,1-3,8-11H2,4H3;1-5H,(H,8,9);;1H/i;;;;1+1. The highest BCUT2D eigenvalue weighted by Crippen LogP contribution is 2.30. The minimum Gasteiger partial charge on any atom is -0.465 e. The second-order valence-corrected chi connectivity index (χ2v) is 26.9. The number of alkyl halides is 4. The smallest absolute Gasteiger partial charge is 0.330 e. The first-order valence-electron chi connectivity index (χ1n) is 25.0. The molecule has 4 aromatic carbocycles. The molecular formula is C59H66Cl4O12S8. The Labute approximate surface area is 548 Å². The largest absolute Gasteiger partial charge is 0.465 e. The van der Waals surface area contributed by atoms with Crippen LogP contribution in [-0.4, -0.2) is 113 Å². The number of carbonyl (C=O) groups excluding carboxylic acids is 6. The van der Waals surface area contributed by atoms with Crippen molar-refractivity contribution in [3.63, 3.8) is 0 Å². The van der Waals surface area contributed by atoms with Crippen LogP contribution in [0.5, 0.6) is 0 Å². The van der Waals surface area contributed by atoms with Crippen LogP contribution in [0, 0.1) is 10.8 Å². The van der Waals surface area contributed by atoms with Crippen molar-refractivity contribution in [3.8, 4) is 0 Å². The summed E-state index contributed by atoms with van der Waals surface area (Å²) in [5.74, 6) is -1.70. The first-order valence-corrected chi connectivity index (χ1v) is 31.5. The van der Waals surface area contributed by atoms with Crippen molar-refractivity contribution in [3.05, 3.63) is 182 Å². The van der Waals surface area contributed by atoms with Gasteiger partial charge in [0.15, 0.2) is 0 Å². The minimum absolute atomic E-state index is 0. The third-order valence-electron chi connectivity index (χ3n) is 10.8. The molecule has 0 bridgehead atoms. The van der Waals surface area contributed by atoms with E-state index in [0.717, 1.165) is 40.5 Å². The summed E-state index contributed by atoms with van der Waals surface area (Å²) >= 11 is 48.8. The first-order chi connectivity index (χ1) is 39.4. The zero-order valence-electron chi connectivity index (χ0n) is 45.5. The van der Waals surface area contributed by atoms with Gasteiger partial charge >= 0.3 is 35.8 Å². The molecule has 0 saturated heterocycles. The van der Waals surface area contributed by atoms with Gasteiger partial charge in [0.05, 0.1) is 46.9 Å². The van der Waals surface area contributed by atoms with E-state index in [1.165, 1.54) is 35.3 Å². The highest BCUT2D eigenvalue weighted by atomic mass is 35.6. The number of benzene rings is 4. The van der Waals surface area contributed by atoms with E-state index >= 15 is 0 Å². The van der Waals surface area contributed by atoms with Crippen LogP contribution in [0.1, 0.15) is 69.6 Å². The van der Waals surface area contributed by atoms with Gasteiger partial charge in [0.1, 0.15) is 39.6 Å². The molecule has 0 radical (unpaired) electrons. The molecule has 24 heteroatoms. The molecule has 0 aliphatic carbocycles. The van der Waals surface area contributed by atoms with Crippen LogP contribution in [0.2, 0.25) is 0 Å². The van der Waals surface area contributed by atoms with E-state index in [4.69, 9.17) is 124 Å².